The lowest BCUT2D eigenvalue weighted by atomic mass is 10.1. The summed E-state index contributed by atoms with van der Waals surface area (Å²) in [6, 6.07) is 7.41. The van der Waals surface area contributed by atoms with Gasteiger partial charge < -0.3 is 5.32 Å². The van der Waals surface area contributed by atoms with E-state index in [2.05, 4.69) is 15.3 Å². The zero-order chi connectivity index (χ0) is 16.6. The Labute approximate surface area is 138 Å². The van der Waals surface area contributed by atoms with Gasteiger partial charge >= 0.3 is 0 Å². The molecule has 0 unspecified atom stereocenters. The number of halogens is 1. The lowest BCUT2D eigenvalue weighted by Crippen LogP contribution is -2.28. The van der Waals surface area contributed by atoms with Gasteiger partial charge in [-0.3, -0.25) is 4.31 Å². The first-order valence-electron chi connectivity index (χ1n) is 6.69. The van der Waals surface area contributed by atoms with E-state index in [9.17, 15) is 8.42 Å². The van der Waals surface area contributed by atoms with Gasteiger partial charge in [-0.2, -0.15) is 10.2 Å². The summed E-state index contributed by atoms with van der Waals surface area (Å²) in [5.41, 5.74) is 2.26. The standard InChI is InChI=1S/C14H12ClN5O2S/c1-23(21,22)20-6-5-9-3-2-4-11(12(9)20)18-13-10(7-16)8-17-14(15)19-13/h2-4,8H,5-6H2,1H3,(H,17,18,19). The van der Waals surface area contributed by atoms with Crippen LogP contribution in [0.4, 0.5) is 17.2 Å². The van der Waals surface area contributed by atoms with E-state index in [0.29, 0.717) is 24.3 Å². The molecule has 0 bridgehead atoms. The quantitative estimate of drug-likeness (QED) is 0.851. The molecule has 9 heteroatoms. The van der Waals surface area contributed by atoms with Crippen molar-refractivity contribution in [1.29, 1.82) is 5.26 Å². The summed E-state index contributed by atoms with van der Waals surface area (Å²) in [5, 5.41) is 12.1. The molecule has 0 saturated heterocycles. The highest BCUT2D eigenvalue weighted by atomic mass is 35.5. The number of sulfonamides is 1. The number of aromatic nitrogens is 2. The normalized spacial score (nSPS) is 13.5. The highest BCUT2D eigenvalue weighted by molar-refractivity contribution is 7.92. The number of benzene rings is 1. The number of nitriles is 1. The number of nitrogens with one attached hydrogen (secondary N) is 1. The number of hydrogen-bond donors (Lipinski definition) is 1. The predicted molar refractivity (Wildman–Crippen MR) is 87.4 cm³/mol. The summed E-state index contributed by atoms with van der Waals surface area (Å²) < 4.78 is 25.3. The molecular formula is C14H12ClN5O2S. The van der Waals surface area contributed by atoms with Crippen LogP contribution in [0.1, 0.15) is 11.1 Å². The lowest BCUT2D eigenvalue weighted by Gasteiger charge is -2.20. The molecule has 0 atom stereocenters. The van der Waals surface area contributed by atoms with E-state index in [1.54, 1.807) is 6.07 Å². The fourth-order valence-electron chi connectivity index (χ4n) is 2.52. The molecule has 0 radical (unpaired) electrons. The summed E-state index contributed by atoms with van der Waals surface area (Å²) in [7, 11) is -3.39. The van der Waals surface area contributed by atoms with Gasteiger partial charge in [0, 0.05) is 6.54 Å². The third kappa shape index (κ3) is 2.93. The van der Waals surface area contributed by atoms with E-state index in [-0.39, 0.29) is 16.7 Å². The fourth-order valence-corrected chi connectivity index (χ4v) is 3.62. The number of hydrogen-bond acceptors (Lipinski definition) is 6. The van der Waals surface area contributed by atoms with Crippen LogP contribution in [-0.4, -0.2) is 31.2 Å². The smallest absolute Gasteiger partial charge is 0.232 e. The van der Waals surface area contributed by atoms with E-state index in [1.807, 2.05) is 18.2 Å². The number of para-hydroxylation sites is 1. The van der Waals surface area contributed by atoms with Gasteiger partial charge in [-0.25, -0.2) is 13.4 Å². The Kier molecular flexibility index (Phi) is 3.83. The van der Waals surface area contributed by atoms with Crippen LogP contribution in [0.5, 0.6) is 0 Å². The van der Waals surface area contributed by atoms with Gasteiger partial charge in [0.15, 0.2) is 5.82 Å². The first-order valence-corrected chi connectivity index (χ1v) is 8.92. The minimum Gasteiger partial charge on any atom is -0.337 e. The molecule has 1 N–H and O–H groups in total. The zero-order valence-corrected chi connectivity index (χ0v) is 13.7. The molecular weight excluding hydrogens is 338 g/mol. The molecule has 1 aromatic carbocycles. The maximum atomic E-state index is 12.0. The number of anilines is 3. The molecule has 1 aliphatic heterocycles. The average Bonchev–Trinajstić information content (AvgIpc) is 2.93. The van der Waals surface area contributed by atoms with Gasteiger partial charge in [0.25, 0.3) is 0 Å². The van der Waals surface area contributed by atoms with Gasteiger partial charge in [0.1, 0.15) is 11.6 Å². The van der Waals surface area contributed by atoms with Gasteiger partial charge in [-0.1, -0.05) is 12.1 Å². The van der Waals surface area contributed by atoms with Crippen molar-refractivity contribution in [2.24, 2.45) is 0 Å². The van der Waals surface area contributed by atoms with Crippen molar-refractivity contribution >= 4 is 38.8 Å². The Bertz CT molecular complexity index is 923. The average molecular weight is 350 g/mol. The van der Waals surface area contributed by atoms with Crippen molar-refractivity contribution in [2.75, 3.05) is 22.4 Å². The Morgan fingerprint density at radius 2 is 2.22 bits per heavy atom. The van der Waals surface area contributed by atoms with E-state index in [4.69, 9.17) is 16.9 Å². The largest absolute Gasteiger partial charge is 0.337 e. The molecule has 0 amide bonds. The maximum Gasteiger partial charge on any atom is 0.232 e. The highest BCUT2D eigenvalue weighted by Crippen LogP contribution is 2.38. The Morgan fingerprint density at radius 1 is 1.43 bits per heavy atom. The Hall–Kier alpha value is -2.37. The molecule has 0 aliphatic carbocycles. The summed E-state index contributed by atoms with van der Waals surface area (Å²) >= 11 is 5.78. The number of rotatable bonds is 3. The summed E-state index contributed by atoms with van der Waals surface area (Å²) in [6.45, 7) is 0.391. The van der Waals surface area contributed by atoms with Crippen LogP contribution in [0.3, 0.4) is 0 Å². The van der Waals surface area contributed by atoms with Crippen molar-refractivity contribution in [2.45, 2.75) is 6.42 Å². The third-order valence-electron chi connectivity index (χ3n) is 3.49. The van der Waals surface area contributed by atoms with E-state index in [1.165, 1.54) is 16.8 Å². The van der Waals surface area contributed by atoms with Crippen LogP contribution >= 0.6 is 11.6 Å². The van der Waals surface area contributed by atoms with Crippen LogP contribution in [-0.2, 0) is 16.4 Å². The van der Waals surface area contributed by atoms with Crippen LogP contribution in [0.25, 0.3) is 0 Å². The Morgan fingerprint density at radius 3 is 2.91 bits per heavy atom. The SMILES string of the molecule is CS(=O)(=O)N1CCc2cccc(Nc3nc(Cl)ncc3C#N)c21. The first kappa shape index (κ1) is 15.5. The number of fused-ring (bicyclic) bond motifs is 1. The van der Waals surface area contributed by atoms with Crippen molar-refractivity contribution in [3.8, 4) is 6.07 Å². The molecule has 3 rings (SSSR count). The molecule has 0 spiro atoms. The fraction of sp³-hybridized carbons (Fsp3) is 0.214. The van der Waals surface area contributed by atoms with Crippen molar-refractivity contribution in [3.05, 3.63) is 40.8 Å². The molecule has 2 aromatic rings. The van der Waals surface area contributed by atoms with E-state index >= 15 is 0 Å². The minimum atomic E-state index is -3.39. The van der Waals surface area contributed by atoms with Crippen molar-refractivity contribution < 1.29 is 8.42 Å². The van der Waals surface area contributed by atoms with E-state index in [0.717, 1.165) is 5.56 Å². The zero-order valence-electron chi connectivity index (χ0n) is 12.1. The van der Waals surface area contributed by atoms with Crippen molar-refractivity contribution in [3.63, 3.8) is 0 Å². The van der Waals surface area contributed by atoms with Gasteiger partial charge in [0.05, 0.1) is 23.8 Å². The minimum absolute atomic E-state index is 0.000884. The van der Waals surface area contributed by atoms with Gasteiger partial charge in [-0.05, 0) is 29.7 Å². The van der Waals surface area contributed by atoms with Gasteiger partial charge in [0.2, 0.25) is 15.3 Å². The second kappa shape index (κ2) is 5.68. The maximum absolute atomic E-state index is 12.0. The second-order valence-electron chi connectivity index (χ2n) is 5.04. The molecule has 1 aromatic heterocycles. The van der Waals surface area contributed by atoms with E-state index < -0.39 is 10.0 Å². The molecule has 7 nitrogen and oxygen atoms in total. The molecule has 2 heterocycles. The van der Waals surface area contributed by atoms with Crippen LogP contribution < -0.4 is 9.62 Å². The molecule has 118 valence electrons. The topological polar surface area (TPSA) is 99.0 Å². The summed E-state index contributed by atoms with van der Waals surface area (Å²) in [5.74, 6) is 0.237. The summed E-state index contributed by atoms with van der Waals surface area (Å²) in [4.78, 5) is 7.77. The first-order chi connectivity index (χ1) is 10.9. The van der Waals surface area contributed by atoms with Crippen LogP contribution in [0.2, 0.25) is 5.28 Å². The van der Waals surface area contributed by atoms with Gasteiger partial charge in [-0.15, -0.1) is 0 Å². The molecule has 0 fully saturated rings. The predicted octanol–water partition coefficient (Wildman–Crippen LogP) is 2.07. The Balaban J connectivity index is 2.09. The van der Waals surface area contributed by atoms with Crippen LogP contribution in [0.15, 0.2) is 24.4 Å². The summed E-state index contributed by atoms with van der Waals surface area (Å²) in [6.07, 6.45) is 3.11. The second-order valence-corrected chi connectivity index (χ2v) is 7.28. The molecule has 23 heavy (non-hydrogen) atoms. The lowest BCUT2D eigenvalue weighted by molar-refractivity contribution is 0.598. The highest BCUT2D eigenvalue weighted by Gasteiger charge is 2.29. The number of nitrogens with zero attached hydrogens (tertiary/aromatic N) is 4. The van der Waals surface area contributed by atoms with Crippen LogP contribution in [0, 0.1) is 11.3 Å². The molecule has 0 saturated carbocycles. The van der Waals surface area contributed by atoms with Crippen molar-refractivity contribution in [1.82, 2.24) is 9.97 Å². The monoisotopic (exact) mass is 349 g/mol. The molecule has 1 aliphatic rings. The third-order valence-corrected chi connectivity index (χ3v) is 4.83.